The van der Waals surface area contributed by atoms with Crippen LogP contribution in [0.25, 0.3) is 0 Å². The Labute approximate surface area is 171 Å². The summed E-state index contributed by atoms with van der Waals surface area (Å²) in [6, 6.07) is 17.1. The summed E-state index contributed by atoms with van der Waals surface area (Å²) in [6.07, 6.45) is 1.32. The molecule has 0 aromatic heterocycles. The van der Waals surface area contributed by atoms with E-state index in [9.17, 15) is 18.9 Å². The van der Waals surface area contributed by atoms with Crippen molar-refractivity contribution in [1.82, 2.24) is 0 Å². The molecule has 0 aliphatic heterocycles. The van der Waals surface area contributed by atoms with E-state index in [-0.39, 0.29) is 29.1 Å². The Balaban J connectivity index is 0.000000483. The van der Waals surface area contributed by atoms with E-state index in [2.05, 4.69) is 0 Å². The monoisotopic (exact) mass is 457 g/mol. The predicted molar refractivity (Wildman–Crippen MR) is 99.7 cm³/mol. The molecule has 0 saturated heterocycles. The van der Waals surface area contributed by atoms with Crippen LogP contribution in [0, 0.1) is 0 Å². The number of para-hydroxylation sites is 2. The molecule has 0 spiro atoms. The van der Waals surface area contributed by atoms with Gasteiger partial charge in [-0.2, -0.15) is 0 Å². The fourth-order valence-corrected chi connectivity index (χ4v) is 4.09. The van der Waals surface area contributed by atoms with E-state index in [0.29, 0.717) is 24.3 Å². The van der Waals surface area contributed by atoms with E-state index in [1.807, 2.05) is 12.1 Å². The molecule has 27 heavy (non-hydrogen) atoms. The molecule has 0 aliphatic carbocycles. The van der Waals surface area contributed by atoms with E-state index in [1.54, 1.807) is 62.4 Å². The third-order valence-electron chi connectivity index (χ3n) is 2.97. The number of hydrogen-bond acceptors (Lipinski definition) is 6. The topological polar surface area (TPSA) is 98.7 Å². The smallest absolute Gasteiger partial charge is 0.769 e. The summed E-state index contributed by atoms with van der Waals surface area (Å²) in [5, 5.41) is 0. The Kier molecular flexibility index (Phi) is 12.6. The van der Waals surface area contributed by atoms with Crippen molar-refractivity contribution in [1.29, 1.82) is 0 Å². The van der Waals surface area contributed by atoms with Gasteiger partial charge in [0.15, 0.2) is 15.2 Å². The van der Waals surface area contributed by atoms with Crippen LogP contribution in [-0.4, -0.2) is 12.3 Å². The maximum absolute atomic E-state index is 11.2. The Morgan fingerprint density at radius 2 is 1.00 bits per heavy atom. The first kappa shape index (κ1) is 25.9. The maximum Gasteiger partial charge on any atom is 2.00 e. The molecule has 9 heteroatoms. The summed E-state index contributed by atoms with van der Waals surface area (Å²) in [5.74, 6) is 0.767. The first-order valence-corrected chi connectivity index (χ1v) is 11.8. The summed E-state index contributed by atoms with van der Waals surface area (Å²) in [7, 11) is -7.33. The van der Waals surface area contributed by atoms with Crippen molar-refractivity contribution in [2.24, 2.45) is 0 Å². The van der Waals surface area contributed by atoms with E-state index >= 15 is 0 Å². The normalized spacial score (nSPS) is 14.4. The van der Waals surface area contributed by atoms with Gasteiger partial charge in [-0.3, -0.25) is 9.13 Å². The molecule has 2 atom stereocenters. The largest absolute Gasteiger partial charge is 2.00 e. The van der Waals surface area contributed by atoms with Gasteiger partial charge >= 0.3 is 16.8 Å². The molecule has 0 heterocycles. The summed E-state index contributed by atoms with van der Waals surface area (Å²) < 4.78 is 32.1. The molecule has 0 aliphatic rings. The van der Waals surface area contributed by atoms with Crippen LogP contribution in [0.1, 0.15) is 26.7 Å². The zero-order valence-electron chi connectivity index (χ0n) is 15.3. The van der Waals surface area contributed by atoms with Crippen LogP contribution in [-0.2, 0) is 25.9 Å². The average Bonchev–Trinajstić information content (AvgIpc) is 2.56. The van der Waals surface area contributed by atoms with Crippen molar-refractivity contribution in [3.63, 3.8) is 0 Å². The van der Waals surface area contributed by atoms with Gasteiger partial charge in [-0.1, -0.05) is 50.2 Å². The summed E-state index contributed by atoms with van der Waals surface area (Å²) in [5.41, 5.74) is 0. The minimum Gasteiger partial charge on any atom is -0.769 e. The van der Waals surface area contributed by atoms with Crippen LogP contribution in [0.15, 0.2) is 60.7 Å². The Morgan fingerprint density at radius 3 is 1.26 bits per heavy atom. The summed E-state index contributed by atoms with van der Waals surface area (Å²) in [6.45, 7) is 3.61. The van der Waals surface area contributed by atoms with Crippen LogP contribution < -0.4 is 18.8 Å². The first-order chi connectivity index (χ1) is 12.3. The second-order valence-electron chi connectivity index (χ2n) is 5.48. The minimum atomic E-state index is -3.66. The first-order valence-electron chi connectivity index (χ1n) is 8.37. The standard InChI is InChI=1S/2C9H13O3P.Co/c2*1-2-8-13(10,11)12-9-6-4-3-5-7-9;/h2*3-7H,2,8H2,1H3,(H,10,11);/q;;+2/p-2. The van der Waals surface area contributed by atoms with Crippen LogP contribution >= 0.6 is 15.2 Å². The molecule has 0 N–H and O–H groups in total. The van der Waals surface area contributed by atoms with Gasteiger partial charge < -0.3 is 18.8 Å². The maximum atomic E-state index is 11.2. The molecule has 0 fully saturated rings. The van der Waals surface area contributed by atoms with E-state index in [0.717, 1.165) is 0 Å². The van der Waals surface area contributed by atoms with E-state index in [1.165, 1.54) is 0 Å². The fraction of sp³-hybridized carbons (Fsp3) is 0.333. The molecule has 2 rings (SSSR count). The molecule has 2 unspecified atom stereocenters. The number of rotatable bonds is 8. The molecule has 0 bridgehead atoms. The SMILES string of the molecule is CCCP(=O)([O-])Oc1ccccc1.CCCP(=O)([O-])Oc1ccccc1.[Co+2]. The minimum absolute atomic E-state index is 0. The van der Waals surface area contributed by atoms with Crippen LogP contribution in [0.4, 0.5) is 0 Å². The van der Waals surface area contributed by atoms with Gasteiger partial charge in [0, 0.05) is 12.3 Å². The quantitative estimate of drug-likeness (QED) is 0.555. The number of benzene rings is 2. The molecular weight excluding hydrogens is 433 g/mol. The second kappa shape index (κ2) is 13.2. The van der Waals surface area contributed by atoms with E-state index < -0.39 is 15.2 Å². The van der Waals surface area contributed by atoms with Gasteiger partial charge in [0.25, 0.3) is 0 Å². The van der Waals surface area contributed by atoms with Gasteiger partial charge in [-0.25, -0.2) is 0 Å². The van der Waals surface area contributed by atoms with E-state index in [4.69, 9.17) is 9.05 Å². The van der Waals surface area contributed by atoms with Crippen LogP contribution in [0.2, 0.25) is 0 Å². The van der Waals surface area contributed by atoms with Crippen molar-refractivity contribution in [2.45, 2.75) is 26.7 Å². The Morgan fingerprint density at radius 1 is 0.704 bits per heavy atom. The van der Waals surface area contributed by atoms with Gasteiger partial charge in [0.05, 0.1) is 0 Å². The van der Waals surface area contributed by atoms with Crippen molar-refractivity contribution < 1.29 is 44.7 Å². The summed E-state index contributed by atoms with van der Waals surface area (Å²) in [4.78, 5) is 22.4. The average molecular weight is 457 g/mol. The fourth-order valence-electron chi connectivity index (χ4n) is 1.92. The van der Waals surface area contributed by atoms with Crippen molar-refractivity contribution in [2.75, 3.05) is 12.3 Å². The second-order valence-corrected chi connectivity index (χ2v) is 9.18. The Bertz CT molecular complexity index is 664. The number of hydrogen-bond donors (Lipinski definition) is 0. The molecule has 0 saturated carbocycles. The molecule has 6 nitrogen and oxygen atoms in total. The molecule has 151 valence electrons. The molecule has 1 radical (unpaired) electrons. The van der Waals surface area contributed by atoms with Crippen molar-refractivity contribution in [3.05, 3.63) is 60.7 Å². The van der Waals surface area contributed by atoms with Crippen molar-refractivity contribution >= 4 is 15.2 Å². The zero-order valence-corrected chi connectivity index (χ0v) is 18.1. The zero-order chi connectivity index (χ0) is 19.5. The third-order valence-corrected chi connectivity index (χ3v) is 5.94. The molecule has 2 aromatic carbocycles. The summed E-state index contributed by atoms with van der Waals surface area (Å²) >= 11 is 0. The van der Waals surface area contributed by atoms with Crippen LogP contribution in [0.5, 0.6) is 11.5 Å². The van der Waals surface area contributed by atoms with Crippen LogP contribution in [0.3, 0.4) is 0 Å². The van der Waals surface area contributed by atoms with Gasteiger partial charge in [-0.15, -0.1) is 0 Å². The third kappa shape index (κ3) is 12.1. The predicted octanol–water partition coefficient (Wildman–Crippen LogP) is 4.06. The van der Waals surface area contributed by atoms with Gasteiger partial charge in [-0.05, 0) is 37.1 Å². The van der Waals surface area contributed by atoms with Gasteiger partial charge in [0.2, 0.25) is 0 Å². The molecule has 2 aromatic rings. The van der Waals surface area contributed by atoms with Gasteiger partial charge in [0.1, 0.15) is 11.5 Å². The van der Waals surface area contributed by atoms with Crippen molar-refractivity contribution in [3.8, 4) is 11.5 Å². The Hall–Kier alpha value is -1.07. The molecule has 0 amide bonds. The molecular formula is C18H24CoO6P2.